The normalized spacial score (nSPS) is 15.1. The van der Waals surface area contributed by atoms with E-state index in [1.807, 2.05) is 6.92 Å². The van der Waals surface area contributed by atoms with Crippen LogP contribution in [0.4, 0.5) is 0 Å². The number of guanidine groups is 1. The summed E-state index contributed by atoms with van der Waals surface area (Å²) in [4.78, 5) is 15.5. The first-order chi connectivity index (χ1) is 11.2. The molecule has 0 spiro atoms. The number of carbonyl (C=O) groups excluding carboxylic acids is 1. The van der Waals surface area contributed by atoms with Gasteiger partial charge in [-0.25, -0.2) is 4.99 Å². The first-order valence-corrected chi connectivity index (χ1v) is 8.59. The number of halogens is 1. The molecule has 1 saturated carbocycles. The predicted octanol–water partition coefficient (Wildman–Crippen LogP) is 3.02. The zero-order valence-corrected chi connectivity index (χ0v) is 16.7. The Balaban J connectivity index is 0.00000288. The largest absolute Gasteiger partial charge is 0.454 e. The minimum absolute atomic E-state index is 0. The third-order valence-corrected chi connectivity index (χ3v) is 4.20. The molecule has 1 aliphatic carbocycles. The third-order valence-electron chi connectivity index (χ3n) is 4.20. The van der Waals surface area contributed by atoms with Gasteiger partial charge in [0, 0.05) is 13.1 Å². The Morgan fingerprint density at radius 3 is 2.71 bits per heavy atom. The number of hydrogen-bond donors (Lipinski definition) is 3. The molecule has 2 rings (SSSR count). The lowest BCUT2D eigenvalue weighted by molar-refractivity contribution is 0.0972. The highest BCUT2D eigenvalue weighted by atomic mass is 127. The smallest absolute Gasteiger partial charge is 0.284 e. The summed E-state index contributed by atoms with van der Waals surface area (Å²) in [7, 11) is 0. The van der Waals surface area contributed by atoms with Crippen LogP contribution in [-0.4, -0.2) is 25.0 Å². The van der Waals surface area contributed by atoms with Crippen LogP contribution in [-0.2, 0) is 6.54 Å². The molecule has 1 fully saturated rings. The molecule has 0 bridgehead atoms. The molecule has 1 aromatic rings. The number of aliphatic imine (C=N–C) groups is 1. The second kappa shape index (κ2) is 11.3. The standard InChI is InChI=1S/C17H28N4O2.HI/c1-2-19-17(20-11-5-8-13-6-3-4-7-13)21-12-14-9-10-15(23-14)16(18)22;/h9-10,13H,2-8,11-12H2,1H3,(H2,18,22)(H2,19,20,21);1H. The number of nitrogens with two attached hydrogens (primary N) is 1. The SMILES string of the molecule is CCNC(=NCc1ccc(C(N)=O)o1)NCCCC1CCCC1.I. The van der Waals surface area contributed by atoms with Gasteiger partial charge in [-0.05, 0) is 37.8 Å². The molecule has 1 aromatic heterocycles. The molecule has 0 aliphatic heterocycles. The van der Waals surface area contributed by atoms with Crippen molar-refractivity contribution in [3.05, 3.63) is 23.7 Å². The van der Waals surface area contributed by atoms with E-state index in [0.29, 0.717) is 12.3 Å². The first-order valence-electron chi connectivity index (χ1n) is 8.59. The van der Waals surface area contributed by atoms with Gasteiger partial charge < -0.3 is 20.8 Å². The molecule has 4 N–H and O–H groups in total. The second-order valence-corrected chi connectivity index (χ2v) is 6.04. The number of furan rings is 1. The zero-order valence-electron chi connectivity index (χ0n) is 14.3. The van der Waals surface area contributed by atoms with Crippen LogP contribution >= 0.6 is 24.0 Å². The highest BCUT2D eigenvalue weighted by Crippen LogP contribution is 2.28. The van der Waals surface area contributed by atoms with Crippen LogP contribution in [0.1, 0.15) is 61.8 Å². The van der Waals surface area contributed by atoms with Gasteiger partial charge in [0.2, 0.25) is 0 Å². The van der Waals surface area contributed by atoms with Gasteiger partial charge >= 0.3 is 0 Å². The number of amides is 1. The maximum atomic E-state index is 11.0. The first kappa shape index (κ1) is 20.8. The Morgan fingerprint density at radius 1 is 1.33 bits per heavy atom. The molecule has 0 saturated heterocycles. The Morgan fingerprint density at radius 2 is 2.08 bits per heavy atom. The van der Waals surface area contributed by atoms with Crippen LogP contribution in [0, 0.1) is 5.92 Å². The lowest BCUT2D eigenvalue weighted by Crippen LogP contribution is -2.37. The van der Waals surface area contributed by atoms with Crippen LogP contribution in [0.25, 0.3) is 0 Å². The zero-order chi connectivity index (χ0) is 16.5. The predicted molar refractivity (Wildman–Crippen MR) is 107 cm³/mol. The van der Waals surface area contributed by atoms with E-state index in [9.17, 15) is 4.79 Å². The minimum Gasteiger partial charge on any atom is -0.454 e. The Kier molecular flexibility index (Phi) is 9.82. The van der Waals surface area contributed by atoms with Crippen molar-refractivity contribution >= 4 is 35.8 Å². The van der Waals surface area contributed by atoms with Gasteiger partial charge in [-0.3, -0.25) is 4.79 Å². The van der Waals surface area contributed by atoms with E-state index in [-0.39, 0.29) is 29.7 Å². The van der Waals surface area contributed by atoms with Crippen LogP contribution in [0.15, 0.2) is 21.5 Å². The summed E-state index contributed by atoms with van der Waals surface area (Å²) in [5.41, 5.74) is 5.17. The summed E-state index contributed by atoms with van der Waals surface area (Å²) in [5, 5.41) is 6.57. The Bertz CT molecular complexity index is 524. The molecule has 0 atom stereocenters. The average molecular weight is 448 g/mol. The Labute approximate surface area is 161 Å². The number of carbonyl (C=O) groups is 1. The monoisotopic (exact) mass is 448 g/mol. The quantitative estimate of drug-likeness (QED) is 0.247. The lowest BCUT2D eigenvalue weighted by Gasteiger charge is -2.12. The number of nitrogens with one attached hydrogen (secondary N) is 2. The van der Waals surface area contributed by atoms with Gasteiger partial charge in [0.15, 0.2) is 11.7 Å². The summed E-state index contributed by atoms with van der Waals surface area (Å²) in [6.45, 7) is 4.14. The fourth-order valence-corrected chi connectivity index (χ4v) is 2.99. The van der Waals surface area contributed by atoms with Gasteiger partial charge in [0.05, 0.1) is 0 Å². The topological polar surface area (TPSA) is 92.6 Å². The van der Waals surface area contributed by atoms with Crippen molar-refractivity contribution in [1.29, 1.82) is 0 Å². The molecule has 136 valence electrons. The van der Waals surface area contributed by atoms with Crippen LogP contribution in [0.2, 0.25) is 0 Å². The van der Waals surface area contributed by atoms with E-state index < -0.39 is 5.91 Å². The second-order valence-electron chi connectivity index (χ2n) is 6.04. The van der Waals surface area contributed by atoms with Gasteiger partial charge in [-0.2, -0.15) is 0 Å². The van der Waals surface area contributed by atoms with E-state index in [0.717, 1.165) is 25.0 Å². The van der Waals surface area contributed by atoms with Gasteiger partial charge in [-0.15, -0.1) is 24.0 Å². The number of nitrogens with zero attached hydrogens (tertiary/aromatic N) is 1. The van der Waals surface area contributed by atoms with Crippen molar-refractivity contribution in [3.63, 3.8) is 0 Å². The maximum Gasteiger partial charge on any atom is 0.284 e. The molecule has 0 radical (unpaired) electrons. The minimum atomic E-state index is -0.558. The number of hydrogen-bond acceptors (Lipinski definition) is 3. The molecule has 0 unspecified atom stereocenters. The van der Waals surface area contributed by atoms with Crippen molar-refractivity contribution in [1.82, 2.24) is 10.6 Å². The highest BCUT2D eigenvalue weighted by molar-refractivity contribution is 14.0. The van der Waals surface area contributed by atoms with Crippen LogP contribution in [0.3, 0.4) is 0 Å². The van der Waals surface area contributed by atoms with Crippen molar-refractivity contribution < 1.29 is 9.21 Å². The summed E-state index contributed by atoms with van der Waals surface area (Å²) in [6.07, 6.45) is 8.06. The maximum absolute atomic E-state index is 11.0. The van der Waals surface area contributed by atoms with E-state index in [4.69, 9.17) is 10.2 Å². The van der Waals surface area contributed by atoms with Crippen molar-refractivity contribution in [2.45, 2.75) is 52.0 Å². The van der Waals surface area contributed by atoms with E-state index in [1.54, 1.807) is 12.1 Å². The average Bonchev–Trinajstić information content (AvgIpc) is 3.20. The van der Waals surface area contributed by atoms with Crippen LogP contribution in [0.5, 0.6) is 0 Å². The summed E-state index contributed by atoms with van der Waals surface area (Å²) < 4.78 is 5.33. The molecule has 1 amide bonds. The van der Waals surface area contributed by atoms with Gasteiger partial charge in [0.1, 0.15) is 12.3 Å². The van der Waals surface area contributed by atoms with E-state index in [1.165, 1.54) is 38.5 Å². The molecule has 7 heteroatoms. The lowest BCUT2D eigenvalue weighted by atomic mass is 10.0. The van der Waals surface area contributed by atoms with E-state index >= 15 is 0 Å². The summed E-state index contributed by atoms with van der Waals surface area (Å²) in [5.74, 6) is 1.94. The van der Waals surface area contributed by atoms with Crippen molar-refractivity contribution in [2.24, 2.45) is 16.6 Å². The molecule has 1 aliphatic rings. The number of primary amides is 1. The van der Waals surface area contributed by atoms with Crippen LogP contribution < -0.4 is 16.4 Å². The fraction of sp³-hybridized carbons (Fsp3) is 0.647. The summed E-state index contributed by atoms with van der Waals surface area (Å²) >= 11 is 0. The summed E-state index contributed by atoms with van der Waals surface area (Å²) in [6, 6.07) is 3.31. The molecule has 0 aromatic carbocycles. The molecular weight excluding hydrogens is 419 g/mol. The Hall–Kier alpha value is -1.25. The van der Waals surface area contributed by atoms with Crippen molar-refractivity contribution in [3.8, 4) is 0 Å². The van der Waals surface area contributed by atoms with Crippen molar-refractivity contribution in [2.75, 3.05) is 13.1 Å². The third kappa shape index (κ3) is 7.11. The molecule has 24 heavy (non-hydrogen) atoms. The molecule has 6 nitrogen and oxygen atoms in total. The van der Waals surface area contributed by atoms with E-state index in [2.05, 4.69) is 15.6 Å². The van der Waals surface area contributed by atoms with Gasteiger partial charge in [0.25, 0.3) is 5.91 Å². The fourth-order valence-electron chi connectivity index (χ4n) is 2.99. The molecular formula is C17H29IN4O2. The molecule has 1 heterocycles. The van der Waals surface area contributed by atoms with Gasteiger partial charge in [-0.1, -0.05) is 25.7 Å². The number of rotatable bonds is 8. The highest BCUT2D eigenvalue weighted by Gasteiger charge is 2.14.